The van der Waals surface area contributed by atoms with Crippen LogP contribution >= 0.6 is 34.7 Å². The monoisotopic (exact) mass is 348 g/mol. The highest BCUT2D eigenvalue weighted by Gasteiger charge is 2.22. The molecule has 2 aromatic heterocycles. The lowest BCUT2D eigenvalue weighted by Gasteiger charge is -2.05. The van der Waals surface area contributed by atoms with Crippen molar-refractivity contribution in [3.05, 3.63) is 41.0 Å². The highest BCUT2D eigenvalue weighted by molar-refractivity contribution is 8.00. The number of hydrogen-bond donors (Lipinski definition) is 1. The molecule has 0 aliphatic heterocycles. The van der Waals surface area contributed by atoms with E-state index in [4.69, 9.17) is 11.6 Å². The van der Waals surface area contributed by atoms with E-state index in [1.165, 1.54) is 12.8 Å². The van der Waals surface area contributed by atoms with Gasteiger partial charge in [-0.05, 0) is 36.6 Å². The van der Waals surface area contributed by atoms with Crippen LogP contribution in [0.4, 0.5) is 5.13 Å². The van der Waals surface area contributed by atoms with Crippen LogP contribution in [0.15, 0.2) is 34.8 Å². The van der Waals surface area contributed by atoms with E-state index in [-0.39, 0.29) is 0 Å². The molecule has 22 heavy (non-hydrogen) atoms. The molecule has 0 unspecified atom stereocenters. The number of benzene rings is 1. The standard InChI is InChI=1S/C15H13ClN4S2/c16-12-6-3-9(13-11(12)2-1-7-17-13)8-21-15-20-19-14(22-15)18-10-4-5-10/h1-3,6-7,10H,4-5,8H2,(H,18,19). The van der Waals surface area contributed by atoms with Gasteiger partial charge in [0.2, 0.25) is 5.13 Å². The van der Waals surface area contributed by atoms with Gasteiger partial charge in [0.15, 0.2) is 4.34 Å². The van der Waals surface area contributed by atoms with Crippen molar-refractivity contribution in [2.24, 2.45) is 0 Å². The summed E-state index contributed by atoms with van der Waals surface area (Å²) in [5, 5.41) is 14.4. The van der Waals surface area contributed by atoms with E-state index in [0.29, 0.717) is 6.04 Å². The van der Waals surface area contributed by atoms with Crippen LogP contribution in [0.1, 0.15) is 18.4 Å². The van der Waals surface area contributed by atoms with Crippen LogP contribution < -0.4 is 5.32 Å². The number of nitrogens with one attached hydrogen (secondary N) is 1. The van der Waals surface area contributed by atoms with Crippen LogP contribution in [0.2, 0.25) is 5.02 Å². The molecule has 1 fully saturated rings. The number of aromatic nitrogens is 3. The topological polar surface area (TPSA) is 50.7 Å². The zero-order valence-corrected chi connectivity index (χ0v) is 14.0. The third-order valence-corrected chi connectivity index (χ3v) is 5.83. The highest BCUT2D eigenvalue weighted by atomic mass is 35.5. The molecule has 2 heterocycles. The summed E-state index contributed by atoms with van der Waals surface area (Å²) in [5.74, 6) is 0.808. The van der Waals surface area contributed by atoms with Crippen molar-refractivity contribution < 1.29 is 0 Å². The highest BCUT2D eigenvalue weighted by Crippen LogP contribution is 2.33. The van der Waals surface area contributed by atoms with E-state index >= 15 is 0 Å². The van der Waals surface area contributed by atoms with Gasteiger partial charge in [-0.3, -0.25) is 4.98 Å². The predicted molar refractivity (Wildman–Crippen MR) is 92.9 cm³/mol. The summed E-state index contributed by atoms with van der Waals surface area (Å²) in [5.41, 5.74) is 2.13. The van der Waals surface area contributed by atoms with Crippen molar-refractivity contribution in [2.45, 2.75) is 29.0 Å². The third-order valence-electron chi connectivity index (χ3n) is 3.46. The number of pyridine rings is 1. The van der Waals surface area contributed by atoms with Gasteiger partial charge in [-0.2, -0.15) is 0 Å². The maximum Gasteiger partial charge on any atom is 0.206 e. The van der Waals surface area contributed by atoms with Gasteiger partial charge < -0.3 is 5.32 Å². The number of anilines is 1. The molecule has 1 aromatic carbocycles. The van der Waals surface area contributed by atoms with Crippen molar-refractivity contribution in [2.75, 3.05) is 5.32 Å². The normalized spacial score (nSPS) is 14.4. The number of hydrogen-bond acceptors (Lipinski definition) is 6. The molecule has 0 amide bonds. The Morgan fingerprint density at radius 3 is 3.05 bits per heavy atom. The summed E-state index contributed by atoms with van der Waals surface area (Å²) in [6, 6.07) is 8.49. The Bertz CT molecular complexity index is 816. The van der Waals surface area contributed by atoms with E-state index in [1.807, 2.05) is 24.3 Å². The van der Waals surface area contributed by atoms with Crippen molar-refractivity contribution in [3.8, 4) is 0 Å². The lowest BCUT2D eigenvalue weighted by Crippen LogP contribution is -1.99. The van der Waals surface area contributed by atoms with Crippen LogP contribution in [-0.4, -0.2) is 21.2 Å². The molecule has 1 aliphatic carbocycles. The smallest absolute Gasteiger partial charge is 0.206 e. The van der Waals surface area contributed by atoms with Crippen LogP contribution in [0.3, 0.4) is 0 Å². The summed E-state index contributed by atoms with van der Waals surface area (Å²) in [4.78, 5) is 4.46. The van der Waals surface area contributed by atoms with Crippen molar-refractivity contribution in [1.29, 1.82) is 0 Å². The fraction of sp³-hybridized carbons (Fsp3) is 0.267. The summed E-state index contributed by atoms with van der Waals surface area (Å²) < 4.78 is 0.974. The first-order chi connectivity index (χ1) is 10.8. The Morgan fingerprint density at radius 2 is 2.18 bits per heavy atom. The Hall–Kier alpha value is -1.37. The second-order valence-electron chi connectivity index (χ2n) is 5.19. The third kappa shape index (κ3) is 3.04. The Kier molecular flexibility index (Phi) is 3.90. The molecule has 0 spiro atoms. The molecule has 4 rings (SSSR count). The van der Waals surface area contributed by atoms with Gasteiger partial charge in [0.1, 0.15) is 0 Å². The van der Waals surface area contributed by atoms with E-state index < -0.39 is 0 Å². The average Bonchev–Trinajstić information content (AvgIpc) is 3.24. The second kappa shape index (κ2) is 6.02. The van der Waals surface area contributed by atoms with Crippen molar-refractivity contribution >= 4 is 50.7 Å². The molecule has 4 nitrogen and oxygen atoms in total. The van der Waals surface area contributed by atoms with Crippen molar-refractivity contribution in [3.63, 3.8) is 0 Å². The number of rotatable bonds is 5. The lowest BCUT2D eigenvalue weighted by atomic mass is 10.1. The Labute approximate surface area is 141 Å². The fourth-order valence-electron chi connectivity index (χ4n) is 2.18. The van der Waals surface area contributed by atoms with E-state index in [2.05, 4.69) is 20.5 Å². The molecule has 112 valence electrons. The minimum Gasteiger partial charge on any atom is -0.357 e. The number of halogens is 1. The van der Waals surface area contributed by atoms with Gasteiger partial charge in [-0.1, -0.05) is 40.8 Å². The number of thioether (sulfide) groups is 1. The van der Waals surface area contributed by atoms with E-state index in [1.54, 1.807) is 29.3 Å². The van der Waals surface area contributed by atoms with Crippen LogP contribution in [-0.2, 0) is 5.75 Å². The molecule has 3 aromatic rings. The van der Waals surface area contributed by atoms with Crippen LogP contribution in [0, 0.1) is 0 Å². The van der Waals surface area contributed by atoms with Gasteiger partial charge in [0.05, 0.1) is 5.52 Å². The molecule has 0 radical (unpaired) electrons. The molecule has 0 saturated heterocycles. The number of nitrogens with zero attached hydrogens (tertiary/aromatic N) is 3. The van der Waals surface area contributed by atoms with Gasteiger partial charge in [-0.25, -0.2) is 0 Å². The average molecular weight is 349 g/mol. The number of fused-ring (bicyclic) bond motifs is 1. The molecule has 0 bridgehead atoms. The molecule has 1 aliphatic rings. The maximum absolute atomic E-state index is 6.23. The van der Waals surface area contributed by atoms with Gasteiger partial charge >= 0.3 is 0 Å². The van der Waals surface area contributed by atoms with E-state index in [0.717, 1.165) is 36.7 Å². The minimum absolute atomic E-state index is 0.607. The molecular weight excluding hydrogens is 336 g/mol. The molecular formula is C15H13ClN4S2. The minimum atomic E-state index is 0.607. The van der Waals surface area contributed by atoms with Crippen molar-refractivity contribution in [1.82, 2.24) is 15.2 Å². The fourth-order valence-corrected chi connectivity index (χ4v) is 4.21. The lowest BCUT2D eigenvalue weighted by molar-refractivity contribution is 0.994. The SMILES string of the molecule is Clc1ccc(CSc2nnc(NC3CC3)s2)c2ncccc12. The molecule has 7 heteroatoms. The summed E-state index contributed by atoms with van der Waals surface area (Å²) >= 11 is 9.53. The largest absolute Gasteiger partial charge is 0.357 e. The van der Waals surface area contributed by atoms with Gasteiger partial charge in [0, 0.05) is 28.4 Å². The molecule has 1 saturated carbocycles. The Morgan fingerprint density at radius 1 is 1.27 bits per heavy atom. The van der Waals surface area contributed by atoms with Gasteiger partial charge in [-0.15, -0.1) is 10.2 Å². The first-order valence-corrected chi connectivity index (χ1v) is 9.22. The predicted octanol–water partition coefficient (Wildman–Crippen LogP) is 4.61. The zero-order valence-electron chi connectivity index (χ0n) is 11.6. The zero-order chi connectivity index (χ0) is 14.9. The first kappa shape index (κ1) is 14.2. The quantitative estimate of drug-likeness (QED) is 0.682. The summed E-state index contributed by atoms with van der Waals surface area (Å²) in [6.07, 6.45) is 4.28. The summed E-state index contributed by atoms with van der Waals surface area (Å²) in [7, 11) is 0. The molecule has 1 N–H and O–H groups in total. The van der Waals surface area contributed by atoms with Crippen LogP contribution in [0.5, 0.6) is 0 Å². The molecule has 0 atom stereocenters. The second-order valence-corrected chi connectivity index (χ2v) is 7.79. The maximum atomic E-state index is 6.23. The van der Waals surface area contributed by atoms with E-state index in [9.17, 15) is 0 Å². The van der Waals surface area contributed by atoms with Crippen LogP contribution in [0.25, 0.3) is 10.9 Å². The summed E-state index contributed by atoms with van der Waals surface area (Å²) in [6.45, 7) is 0. The first-order valence-electron chi connectivity index (χ1n) is 7.04. The Balaban J connectivity index is 1.51. The van der Waals surface area contributed by atoms with Gasteiger partial charge in [0.25, 0.3) is 0 Å².